The van der Waals surface area contributed by atoms with Crippen LogP contribution in [0.25, 0.3) is 0 Å². The molecule has 1 aliphatic rings. The van der Waals surface area contributed by atoms with Crippen molar-refractivity contribution in [2.45, 2.75) is 32.2 Å². The molecule has 26 heavy (non-hydrogen) atoms. The summed E-state index contributed by atoms with van der Waals surface area (Å²) < 4.78 is 5.57. The van der Waals surface area contributed by atoms with Crippen molar-refractivity contribution >= 4 is 11.9 Å². The van der Waals surface area contributed by atoms with Gasteiger partial charge in [0.05, 0.1) is 18.8 Å². The second kappa shape index (κ2) is 10.2. The monoisotopic (exact) mass is 363 g/mol. The number of amides is 1. The van der Waals surface area contributed by atoms with E-state index in [1.807, 2.05) is 26.2 Å². The van der Waals surface area contributed by atoms with Crippen molar-refractivity contribution in [1.82, 2.24) is 20.4 Å². The van der Waals surface area contributed by atoms with Gasteiger partial charge >= 0.3 is 0 Å². The summed E-state index contributed by atoms with van der Waals surface area (Å²) in [4.78, 5) is 20.9. The van der Waals surface area contributed by atoms with Gasteiger partial charge in [-0.2, -0.15) is 0 Å². The fraction of sp³-hybridized carbons (Fsp3) is 0.684. The van der Waals surface area contributed by atoms with Crippen LogP contribution in [0.15, 0.2) is 27.8 Å². The molecule has 1 aliphatic heterocycles. The number of likely N-dealkylation sites (N-methyl/N-ethyl adjacent to an activating group) is 1. The zero-order valence-electron chi connectivity index (χ0n) is 16.5. The molecule has 1 aromatic heterocycles. The van der Waals surface area contributed by atoms with Crippen molar-refractivity contribution in [1.29, 1.82) is 0 Å². The SMILES string of the molecule is CCNC(=NCC(c1ccco1)N(C)C)N1CCC(CC(=O)NC)CC1. The predicted octanol–water partition coefficient (Wildman–Crippen LogP) is 1.70. The van der Waals surface area contributed by atoms with E-state index < -0.39 is 0 Å². The minimum absolute atomic E-state index is 0.115. The Hall–Kier alpha value is -2.02. The van der Waals surface area contributed by atoms with Gasteiger partial charge in [-0.05, 0) is 51.9 Å². The molecule has 0 radical (unpaired) electrons. The summed E-state index contributed by atoms with van der Waals surface area (Å²) in [6.07, 6.45) is 4.37. The summed E-state index contributed by atoms with van der Waals surface area (Å²) in [7, 11) is 5.79. The number of guanidine groups is 1. The second-order valence-electron chi connectivity index (χ2n) is 7.00. The van der Waals surface area contributed by atoms with Crippen molar-refractivity contribution < 1.29 is 9.21 Å². The van der Waals surface area contributed by atoms with Gasteiger partial charge in [-0.15, -0.1) is 0 Å². The minimum Gasteiger partial charge on any atom is -0.468 e. The lowest BCUT2D eigenvalue weighted by Crippen LogP contribution is -2.46. The summed E-state index contributed by atoms with van der Waals surface area (Å²) >= 11 is 0. The second-order valence-corrected chi connectivity index (χ2v) is 7.00. The first kappa shape index (κ1) is 20.3. The van der Waals surface area contributed by atoms with E-state index >= 15 is 0 Å². The lowest BCUT2D eigenvalue weighted by atomic mass is 9.93. The van der Waals surface area contributed by atoms with Crippen molar-refractivity contribution in [2.75, 3.05) is 47.3 Å². The van der Waals surface area contributed by atoms with Gasteiger partial charge in [0.25, 0.3) is 0 Å². The zero-order valence-corrected chi connectivity index (χ0v) is 16.5. The predicted molar refractivity (Wildman–Crippen MR) is 104 cm³/mol. The van der Waals surface area contributed by atoms with Crippen LogP contribution in [0.2, 0.25) is 0 Å². The fourth-order valence-corrected chi connectivity index (χ4v) is 3.30. The third kappa shape index (κ3) is 5.76. The third-order valence-corrected chi connectivity index (χ3v) is 4.91. The number of hydrogen-bond acceptors (Lipinski definition) is 4. The van der Waals surface area contributed by atoms with E-state index in [0.717, 1.165) is 44.2 Å². The Morgan fingerprint density at radius 3 is 2.69 bits per heavy atom. The molecular weight excluding hydrogens is 330 g/mol. The molecule has 1 atom stereocenters. The van der Waals surface area contributed by atoms with E-state index in [-0.39, 0.29) is 11.9 Å². The van der Waals surface area contributed by atoms with E-state index in [4.69, 9.17) is 9.41 Å². The van der Waals surface area contributed by atoms with Crippen LogP contribution < -0.4 is 10.6 Å². The molecule has 2 N–H and O–H groups in total. The van der Waals surface area contributed by atoms with Gasteiger partial charge in [-0.1, -0.05) is 0 Å². The molecule has 1 aromatic rings. The number of piperidine rings is 1. The molecule has 1 amide bonds. The average molecular weight is 364 g/mol. The highest BCUT2D eigenvalue weighted by Crippen LogP contribution is 2.22. The maximum Gasteiger partial charge on any atom is 0.220 e. The standard InChI is InChI=1S/C19H33N5O2/c1-5-21-19(22-14-16(23(3)4)17-7-6-12-26-17)24-10-8-15(9-11-24)13-18(25)20-2/h6-7,12,15-16H,5,8-11,13-14H2,1-4H3,(H,20,25)(H,21,22). The molecule has 7 heteroatoms. The van der Waals surface area contributed by atoms with Crippen molar-refractivity contribution in [3.63, 3.8) is 0 Å². The highest BCUT2D eigenvalue weighted by atomic mass is 16.3. The van der Waals surface area contributed by atoms with Gasteiger partial charge in [0.2, 0.25) is 5.91 Å². The largest absolute Gasteiger partial charge is 0.468 e. The fourth-order valence-electron chi connectivity index (χ4n) is 3.30. The number of nitrogens with zero attached hydrogens (tertiary/aromatic N) is 3. The summed E-state index contributed by atoms with van der Waals surface area (Å²) in [5.74, 6) is 2.48. The first-order valence-electron chi connectivity index (χ1n) is 9.48. The number of hydrogen-bond donors (Lipinski definition) is 2. The van der Waals surface area contributed by atoms with Crippen LogP contribution in [-0.2, 0) is 4.79 Å². The van der Waals surface area contributed by atoms with Crippen LogP contribution >= 0.6 is 0 Å². The smallest absolute Gasteiger partial charge is 0.220 e. The highest BCUT2D eigenvalue weighted by Gasteiger charge is 2.24. The Labute approximate surface area is 156 Å². The zero-order chi connectivity index (χ0) is 18.9. The molecule has 7 nitrogen and oxygen atoms in total. The van der Waals surface area contributed by atoms with Crippen LogP contribution in [0.3, 0.4) is 0 Å². The average Bonchev–Trinajstić information content (AvgIpc) is 3.15. The molecule has 0 bridgehead atoms. The van der Waals surface area contributed by atoms with Gasteiger partial charge in [0.15, 0.2) is 5.96 Å². The van der Waals surface area contributed by atoms with Crippen LogP contribution in [0.1, 0.15) is 38.0 Å². The van der Waals surface area contributed by atoms with E-state index in [2.05, 4.69) is 27.4 Å². The number of nitrogens with one attached hydrogen (secondary N) is 2. The van der Waals surface area contributed by atoms with E-state index in [9.17, 15) is 4.79 Å². The van der Waals surface area contributed by atoms with E-state index in [1.165, 1.54) is 0 Å². The quantitative estimate of drug-likeness (QED) is 0.570. The highest BCUT2D eigenvalue weighted by molar-refractivity contribution is 5.80. The van der Waals surface area contributed by atoms with Gasteiger partial charge in [0.1, 0.15) is 5.76 Å². The molecule has 0 spiro atoms. The molecule has 1 unspecified atom stereocenters. The first-order valence-corrected chi connectivity index (χ1v) is 9.48. The van der Waals surface area contributed by atoms with E-state index in [1.54, 1.807) is 13.3 Å². The topological polar surface area (TPSA) is 73.1 Å². The van der Waals surface area contributed by atoms with Gasteiger partial charge < -0.3 is 20.0 Å². The lowest BCUT2D eigenvalue weighted by molar-refractivity contribution is -0.121. The Morgan fingerprint density at radius 1 is 1.42 bits per heavy atom. The minimum atomic E-state index is 0.115. The molecule has 0 aromatic carbocycles. The molecule has 1 fully saturated rings. The lowest BCUT2D eigenvalue weighted by Gasteiger charge is -2.34. The summed E-state index contributed by atoms with van der Waals surface area (Å²) in [5, 5.41) is 6.13. The maximum absolute atomic E-state index is 11.6. The normalized spacial score (nSPS) is 17.4. The first-order chi connectivity index (χ1) is 12.5. The molecule has 1 saturated heterocycles. The van der Waals surface area contributed by atoms with Crippen LogP contribution in [0, 0.1) is 5.92 Å². The number of furan rings is 1. The Balaban J connectivity index is 1.97. The Morgan fingerprint density at radius 2 is 2.15 bits per heavy atom. The van der Waals surface area contributed by atoms with Crippen LogP contribution in [0.4, 0.5) is 0 Å². The summed E-state index contributed by atoms with van der Waals surface area (Å²) in [5.41, 5.74) is 0. The molecular formula is C19H33N5O2. The van der Waals surface area contributed by atoms with Gasteiger partial charge in [-0.25, -0.2) is 0 Å². The number of rotatable bonds is 7. The summed E-state index contributed by atoms with van der Waals surface area (Å²) in [6.45, 7) is 5.43. The van der Waals surface area contributed by atoms with Crippen molar-refractivity contribution in [2.24, 2.45) is 10.9 Å². The van der Waals surface area contributed by atoms with Gasteiger partial charge in [0, 0.05) is 33.1 Å². The number of aliphatic imine (C=N–C) groups is 1. The molecule has 0 saturated carbocycles. The Kier molecular flexibility index (Phi) is 7.97. The number of carbonyl (C=O) groups excluding carboxylic acids is 1. The number of carbonyl (C=O) groups is 1. The van der Waals surface area contributed by atoms with E-state index in [0.29, 0.717) is 18.9 Å². The molecule has 146 valence electrons. The van der Waals surface area contributed by atoms with Crippen LogP contribution in [-0.4, -0.2) is 69.0 Å². The van der Waals surface area contributed by atoms with Crippen LogP contribution in [0.5, 0.6) is 0 Å². The van der Waals surface area contributed by atoms with Crippen molar-refractivity contribution in [3.05, 3.63) is 24.2 Å². The number of likely N-dealkylation sites (tertiary alicyclic amines) is 1. The van der Waals surface area contributed by atoms with Crippen molar-refractivity contribution in [3.8, 4) is 0 Å². The molecule has 2 heterocycles. The third-order valence-electron chi connectivity index (χ3n) is 4.91. The molecule has 2 rings (SSSR count). The Bertz CT molecular complexity index is 562. The summed E-state index contributed by atoms with van der Waals surface area (Å²) in [6, 6.07) is 4.03. The maximum atomic E-state index is 11.6. The van der Waals surface area contributed by atoms with Gasteiger partial charge in [-0.3, -0.25) is 14.7 Å². The molecule has 0 aliphatic carbocycles.